The molecular weight excluding hydrogens is 280 g/mol. The van der Waals surface area contributed by atoms with E-state index in [2.05, 4.69) is 15.0 Å². The Morgan fingerprint density at radius 1 is 1.36 bits per heavy atom. The van der Waals surface area contributed by atoms with E-state index in [9.17, 15) is 4.79 Å². The fraction of sp³-hybridized carbons (Fsp3) is 0.438. The van der Waals surface area contributed by atoms with Crippen LogP contribution in [0.3, 0.4) is 0 Å². The second kappa shape index (κ2) is 6.60. The highest BCUT2D eigenvalue weighted by Crippen LogP contribution is 2.22. The van der Waals surface area contributed by atoms with E-state index in [-0.39, 0.29) is 5.91 Å². The van der Waals surface area contributed by atoms with Gasteiger partial charge in [0, 0.05) is 43.4 Å². The van der Waals surface area contributed by atoms with Crippen LogP contribution in [0.4, 0.5) is 0 Å². The topological polar surface area (TPSA) is 71.1 Å². The molecule has 0 spiro atoms. The standard InChI is InChI=1S/C16H20N4O2/c1-22-16-13-6-9-20(10-7-14(13)18-11-19-16)15(21)5-4-12-3-2-8-17-12/h2-3,8,11,17H,4-7,9-10H2,1H3. The number of methoxy groups -OCH3 is 1. The second-order valence-electron chi connectivity index (χ2n) is 5.38. The van der Waals surface area contributed by atoms with Gasteiger partial charge in [0.2, 0.25) is 11.8 Å². The quantitative estimate of drug-likeness (QED) is 0.926. The van der Waals surface area contributed by atoms with Gasteiger partial charge in [0.1, 0.15) is 6.33 Å². The molecular formula is C16H20N4O2. The summed E-state index contributed by atoms with van der Waals surface area (Å²) in [5.74, 6) is 0.819. The zero-order chi connectivity index (χ0) is 15.4. The van der Waals surface area contributed by atoms with Gasteiger partial charge in [-0.25, -0.2) is 9.97 Å². The van der Waals surface area contributed by atoms with Crippen LogP contribution in [-0.2, 0) is 24.1 Å². The third-order valence-corrected chi connectivity index (χ3v) is 4.06. The van der Waals surface area contributed by atoms with Crippen molar-refractivity contribution in [3.05, 3.63) is 41.6 Å². The van der Waals surface area contributed by atoms with Crippen molar-refractivity contribution in [2.45, 2.75) is 25.7 Å². The Balaban J connectivity index is 1.62. The fourth-order valence-electron chi connectivity index (χ4n) is 2.84. The number of carbonyl (C=O) groups is 1. The predicted octanol–water partition coefficient (Wildman–Crippen LogP) is 1.37. The molecule has 0 saturated carbocycles. The van der Waals surface area contributed by atoms with Crippen molar-refractivity contribution in [1.29, 1.82) is 0 Å². The fourth-order valence-corrected chi connectivity index (χ4v) is 2.84. The molecule has 2 aromatic heterocycles. The van der Waals surface area contributed by atoms with Crippen LogP contribution < -0.4 is 4.74 Å². The van der Waals surface area contributed by atoms with Gasteiger partial charge in [0.15, 0.2) is 0 Å². The van der Waals surface area contributed by atoms with Crippen LogP contribution in [0.5, 0.6) is 5.88 Å². The molecule has 0 saturated heterocycles. The van der Waals surface area contributed by atoms with Crippen LogP contribution in [0.15, 0.2) is 24.7 Å². The van der Waals surface area contributed by atoms with E-state index < -0.39 is 0 Å². The minimum Gasteiger partial charge on any atom is -0.481 e. The average Bonchev–Trinajstić information content (AvgIpc) is 2.97. The number of hydrogen-bond acceptors (Lipinski definition) is 4. The molecule has 3 heterocycles. The van der Waals surface area contributed by atoms with Crippen LogP contribution in [0.25, 0.3) is 0 Å². The molecule has 0 aliphatic carbocycles. The Bertz CT molecular complexity index is 640. The van der Waals surface area contributed by atoms with Crippen molar-refractivity contribution in [3.8, 4) is 5.88 Å². The molecule has 1 N–H and O–H groups in total. The summed E-state index contributed by atoms with van der Waals surface area (Å²) in [4.78, 5) is 25.9. The number of hydrogen-bond donors (Lipinski definition) is 1. The van der Waals surface area contributed by atoms with Crippen LogP contribution in [-0.4, -0.2) is 46.0 Å². The normalized spacial score (nSPS) is 14.3. The van der Waals surface area contributed by atoms with Crippen molar-refractivity contribution in [1.82, 2.24) is 19.9 Å². The summed E-state index contributed by atoms with van der Waals surface area (Å²) in [7, 11) is 1.62. The molecule has 0 bridgehead atoms. The molecule has 0 atom stereocenters. The first-order valence-corrected chi connectivity index (χ1v) is 7.54. The summed E-state index contributed by atoms with van der Waals surface area (Å²) < 4.78 is 5.30. The zero-order valence-corrected chi connectivity index (χ0v) is 12.7. The SMILES string of the molecule is COc1ncnc2c1CCN(C(=O)CCc1ccc[nH]1)CC2. The number of aromatic amines is 1. The number of aromatic nitrogens is 3. The lowest BCUT2D eigenvalue weighted by molar-refractivity contribution is -0.131. The third kappa shape index (κ3) is 3.10. The number of rotatable bonds is 4. The predicted molar refractivity (Wildman–Crippen MR) is 81.7 cm³/mol. The summed E-state index contributed by atoms with van der Waals surface area (Å²) in [6.45, 7) is 1.40. The molecule has 22 heavy (non-hydrogen) atoms. The van der Waals surface area contributed by atoms with Gasteiger partial charge in [-0.1, -0.05) is 0 Å². The van der Waals surface area contributed by atoms with Crippen molar-refractivity contribution in [2.24, 2.45) is 0 Å². The molecule has 6 heteroatoms. The average molecular weight is 300 g/mol. The van der Waals surface area contributed by atoms with E-state index in [1.165, 1.54) is 6.33 Å². The number of carbonyl (C=O) groups excluding carboxylic acids is 1. The van der Waals surface area contributed by atoms with E-state index in [1.54, 1.807) is 7.11 Å². The molecule has 116 valence electrons. The molecule has 0 radical (unpaired) electrons. The van der Waals surface area contributed by atoms with Crippen molar-refractivity contribution < 1.29 is 9.53 Å². The Hall–Kier alpha value is -2.37. The summed E-state index contributed by atoms with van der Waals surface area (Å²) in [6.07, 6.45) is 6.18. The minimum absolute atomic E-state index is 0.189. The highest BCUT2D eigenvalue weighted by atomic mass is 16.5. The number of H-pyrrole nitrogens is 1. The first kappa shape index (κ1) is 14.6. The first-order chi connectivity index (χ1) is 10.8. The van der Waals surface area contributed by atoms with Crippen molar-refractivity contribution >= 4 is 5.91 Å². The second-order valence-corrected chi connectivity index (χ2v) is 5.38. The maximum absolute atomic E-state index is 12.4. The summed E-state index contributed by atoms with van der Waals surface area (Å²) in [6, 6.07) is 3.96. The van der Waals surface area contributed by atoms with Crippen molar-refractivity contribution in [3.63, 3.8) is 0 Å². The Kier molecular flexibility index (Phi) is 4.37. The lowest BCUT2D eigenvalue weighted by Gasteiger charge is -2.20. The van der Waals surface area contributed by atoms with Gasteiger partial charge in [-0.05, 0) is 25.0 Å². The Labute approximate surface area is 129 Å². The van der Waals surface area contributed by atoms with E-state index in [4.69, 9.17) is 4.74 Å². The largest absolute Gasteiger partial charge is 0.481 e. The van der Waals surface area contributed by atoms with Gasteiger partial charge in [-0.3, -0.25) is 4.79 Å². The Morgan fingerprint density at radius 2 is 2.23 bits per heavy atom. The molecule has 1 aliphatic heterocycles. The number of fused-ring (bicyclic) bond motifs is 1. The molecule has 6 nitrogen and oxygen atoms in total. The molecule has 1 amide bonds. The summed E-state index contributed by atoms with van der Waals surface area (Å²) in [5.41, 5.74) is 3.12. The van der Waals surface area contributed by atoms with Gasteiger partial charge in [0.25, 0.3) is 0 Å². The van der Waals surface area contributed by atoms with Gasteiger partial charge >= 0.3 is 0 Å². The van der Waals surface area contributed by atoms with Gasteiger partial charge in [0.05, 0.1) is 12.8 Å². The molecule has 0 fully saturated rings. The molecule has 2 aromatic rings. The van der Waals surface area contributed by atoms with Crippen LogP contribution in [0.1, 0.15) is 23.4 Å². The molecule has 0 unspecified atom stereocenters. The summed E-state index contributed by atoms with van der Waals surface area (Å²) in [5, 5.41) is 0. The van der Waals surface area contributed by atoms with Crippen LogP contribution in [0, 0.1) is 0 Å². The zero-order valence-electron chi connectivity index (χ0n) is 12.7. The highest BCUT2D eigenvalue weighted by molar-refractivity contribution is 5.76. The van der Waals surface area contributed by atoms with Crippen LogP contribution in [0.2, 0.25) is 0 Å². The maximum Gasteiger partial charge on any atom is 0.222 e. The minimum atomic E-state index is 0.189. The van der Waals surface area contributed by atoms with Crippen molar-refractivity contribution in [2.75, 3.05) is 20.2 Å². The van der Waals surface area contributed by atoms with E-state index in [0.29, 0.717) is 25.4 Å². The smallest absolute Gasteiger partial charge is 0.222 e. The van der Waals surface area contributed by atoms with Crippen LogP contribution >= 0.6 is 0 Å². The highest BCUT2D eigenvalue weighted by Gasteiger charge is 2.21. The lowest BCUT2D eigenvalue weighted by atomic mass is 10.1. The number of amides is 1. The molecule has 0 aromatic carbocycles. The Morgan fingerprint density at radius 3 is 3.00 bits per heavy atom. The number of aryl methyl sites for hydroxylation is 1. The molecule has 1 aliphatic rings. The number of nitrogens with zero attached hydrogens (tertiary/aromatic N) is 3. The third-order valence-electron chi connectivity index (χ3n) is 4.06. The number of nitrogens with one attached hydrogen (secondary N) is 1. The van der Waals surface area contributed by atoms with E-state index in [1.807, 2.05) is 23.2 Å². The van der Waals surface area contributed by atoms with Gasteiger partial charge in [-0.2, -0.15) is 0 Å². The summed E-state index contributed by atoms with van der Waals surface area (Å²) >= 11 is 0. The lowest BCUT2D eigenvalue weighted by Crippen LogP contribution is -2.33. The van der Waals surface area contributed by atoms with Gasteiger partial charge < -0.3 is 14.6 Å². The molecule has 3 rings (SSSR count). The van der Waals surface area contributed by atoms with E-state index in [0.717, 1.165) is 36.2 Å². The van der Waals surface area contributed by atoms with E-state index >= 15 is 0 Å². The number of ether oxygens (including phenoxy) is 1. The monoisotopic (exact) mass is 300 g/mol. The maximum atomic E-state index is 12.4. The van der Waals surface area contributed by atoms with Gasteiger partial charge in [-0.15, -0.1) is 0 Å². The first-order valence-electron chi connectivity index (χ1n) is 7.54.